The number of anilines is 1. The molecule has 0 aliphatic carbocycles. The van der Waals surface area contributed by atoms with E-state index in [0.29, 0.717) is 23.2 Å². The monoisotopic (exact) mass is 317 g/mol. The molecule has 2 aromatic rings. The van der Waals surface area contributed by atoms with Gasteiger partial charge < -0.3 is 10.6 Å². The van der Waals surface area contributed by atoms with Crippen molar-refractivity contribution in [3.05, 3.63) is 59.4 Å². The number of hydrogen-bond donors (Lipinski definition) is 2. The van der Waals surface area contributed by atoms with Crippen molar-refractivity contribution in [1.82, 2.24) is 10.3 Å². The van der Waals surface area contributed by atoms with Gasteiger partial charge in [-0.15, -0.1) is 0 Å². The molecule has 0 fully saturated rings. The van der Waals surface area contributed by atoms with Gasteiger partial charge >= 0.3 is 0 Å². The predicted molar refractivity (Wildman–Crippen MR) is 90.3 cm³/mol. The summed E-state index contributed by atoms with van der Waals surface area (Å²) in [6.45, 7) is 4.78. The van der Waals surface area contributed by atoms with Crippen molar-refractivity contribution in [2.24, 2.45) is 5.92 Å². The van der Waals surface area contributed by atoms with E-state index in [1.807, 2.05) is 30.3 Å². The molecule has 1 heterocycles. The van der Waals surface area contributed by atoms with Gasteiger partial charge in [-0.2, -0.15) is 0 Å². The molecular formula is C17H20ClN3O. The molecule has 2 rings (SSSR count). The van der Waals surface area contributed by atoms with Gasteiger partial charge in [0.1, 0.15) is 5.15 Å². The molecule has 0 spiro atoms. The second kappa shape index (κ2) is 7.80. The summed E-state index contributed by atoms with van der Waals surface area (Å²) in [6, 6.07) is 13.4. The first-order valence-corrected chi connectivity index (χ1v) is 7.65. The molecule has 5 heteroatoms. The molecule has 116 valence electrons. The van der Waals surface area contributed by atoms with E-state index in [4.69, 9.17) is 11.6 Å². The van der Waals surface area contributed by atoms with Gasteiger partial charge in [0.25, 0.3) is 5.91 Å². The van der Waals surface area contributed by atoms with Gasteiger partial charge in [-0.1, -0.05) is 43.6 Å². The molecule has 4 nitrogen and oxygen atoms in total. The van der Waals surface area contributed by atoms with Crippen LogP contribution in [0.25, 0.3) is 0 Å². The number of carbonyl (C=O) groups excluding carboxylic acids is 1. The van der Waals surface area contributed by atoms with Crippen molar-refractivity contribution < 1.29 is 4.79 Å². The Morgan fingerprint density at radius 2 is 1.91 bits per heavy atom. The quantitative estimate of drug-likeness (QED) is 0.800. The van der Waals surface area contributed by atoms with E-state index in [0.717, 1.165) is 5.69 Å². The van der Waals surface area contributed by atoms with Crippen LogP contribution in [0, 0.1) is 5.92 Å². The maximum absolute atomic E-state index is 12.1. The smallest absolute Gasteiger partial charge is 0.252 e. The van der Waals surface area contributed by atoms with Crippen molar-refractivity contribution in [2.75, 3.05) is 11.9 Å². The lowest BCUT2D eigenvalue weighted by Crippen LogP contribution is -2.39. The van der Waals surface area contributed by atoms with Crippen LogP contribution in [0.1, 0.15) is 24.2 Å². The van der Waals surface area contributed by atoms with Crippen LogP contribution < -0.4 is 10.6 Å². The van der Waals surface area contributed by atoms with Crippen LogP contribution in [0.2, 0.25) is 5.15 Å². The largest absolute Gasteiger partial charge is 0.380 e. The molecule has 0 saturated carbocycles. The third-order valence-electron chi connectivity index (χ3n) is 3.40. The fraction of sp³-hybridized carbons (Fsp3) is 0.294. The highest BCUT2D eigenvalue weighted by molar-refractivity contribution is 6.29. The van der Waals surface area contributed by atoms with Gasteiger partial charge in [0.05, 0.1) is 5.56 Å². The number of hydrogen-bond acceptors (Lipinski definition) is 3. The summed E-state index contributed by atoms with van der Waals surface area (Å²) >= 11 is 5.72. The standard InChI is InChI=1S/C17H20ClN3O/c1-12(2)15(21-14-6-4-3-5-7-14)11-20-17(22)13-8-9-16(18)19-10-13/h3-10,12,15,21H,11H2,1-2H3,(H,20,22). The van der Waals surface area contributed by atoms with Crippen molar-refractivity contribution in [3.63, 3.8) is 0 Å². The van der Waals surface area contributed by atoms with E-state index in [9.17, 15) is 4.79 Å². The van der Waals surface area contributed by atoms with Crippen LogP contribution in [0.4, 0.5) is 5.69 Å². The summed E-state index contributed by atoms with van der Waals surface area (Å²) in [4.78, 5) is 16.0. The lowest BCUT2D eigenvalue weighted by atomic mass is 10.0. The molecule has 22 heavy (non-hydrogen) atoms. The highest BCUT2D eigenvalue weighted by Crippen LogP contribution is 2.12. The lowest BCUT2D eigenvalue weighted by molar-refractivity contribution is 0.0950. The SMILES string of the molecule is CC(C)C(CNC(=O)c1ccc(Cl)nc1)Nc1ccccc1. The normalized spacial score (nSPS) is 12.0. The average Bonchev–Trinajstić information content (AvgIpc) is 2.52. The van der Waals surface area contributed by atoms with Gasteiger partial charge in [0.15, 0.2) is 0 Å². The minimum absolute atomic E-state index is 0.145. The molecule has 0 radical (unpaired) electrons. The topological polar surface area (TPSA) is 54.0 Å². The number of para-hydroxylation sites is 1. The first-order chi connectivity index (χ1) is 10.6. The van der Waals surface area contributed by atoms with E-state index < -0.39 is 0 Å². The number of pyridine rings is 1. The fourth-order valence-corrected chi connectivity index (χ4v) is 2.13. The summed E-state index contributed by atoms with van der Waals surface area (Å²) < 4.78 is 0. The first kappa shape index (κ1) is 16.3. The molecule has 0 saturated heterocycles. The predicted octanol–water partition coefficient (Wildman–Crippen LogP) is 3.60. The second-order valence-electron chi connectivity index (χ2n) is 5.44. The highest BCUT2D eigenvalue weighted by atomic mass is 35.5. The van der Waals surface area contributed by atoms with E-state index in [2.05, 4.69) is 29.5 Å². The summed E-state index contributed by atoms with van der Waals surface area (Å²) in [5, 5.41) is 6.76. The van der Waals surface area contributed by atoms with Crippen LogP contribution >= 0.6 is 11.6 Å². The second-order valence-corrected chi connectivity index (χ2v) is 5.83. The van der Waals surface area contributed by atoms with Crippen LogP contribution in [-0.2, 0) is 0 Å². The maximum atomic E-state index is 12.1. The number of halogens is 1. The lowest BCUT2D eigenvalue weighted by Gasteiger charge is -2.24. The van der Waals surface area contributed by atoms with Gasteiger partial charge in [0, 0.05) is 24.5 Å². The van der Waals surface area contributed by atoms with Crippen molar-refractivity contribution >= 4 is 23.2 Å². The molecule has 1 unspecified atom stereocenters. The highest BCUT2D eigenvalue weighted by Gasteiger charge is 2.15. The number of carbonyl (C=O) groups is 1. The Kier molecular flexibility index (Phi) is 5.78. The minimum Gasteiger partial charge on any atom is -0.380 e. The summed E-state index contributed by atoms with van der Waals surface area (Å²) in [6.07, 6.45) is 1.48. The molecule has 1 amide bonds. The number of nitrogens with zero attached hydrogens (tertiary/aromatic N) is 1. The Morgan fingerprint density at radius 1 is 1.18 bits per heavy atom. The summed E-state index contributed by atoms with van der Waals surface area (Å²) in [7, 11) is 0. The van der Waals surface area contributed by atoms with Crippen molar-refractivity contribution in [1.29, 1.82) is 0 Å². The first-order valence-electron chi connectivity index (χ1n) is 7.27. The van der Waals surface area contributed by atoms with Crippen molar-refractivity contribution in [3.8, 4) is 0 Å². The van der Waals surface area contributed by atoms with Gasteiger partial charge in [0.2, 0.25) is 0 Å². The van der Waals surface area contributed by atoms with Crippen LogP contribution in [-0.4, -0.2) is 23.5 Å². The third-order valence-corrected chi connectivity index (χ3v) is 3.63. The molecule has 0 aliphatic rings. The van der Waals surface area contributed by atoms with Crippen LogP contribution in [0.5, 0.6) is 0 Å². The number of nitrogens with one attached hydrogen (secondary N) is 2. The zero-order chi connectivity index (χ0) is 15.9. The molecular weight excluding hydrogens is 298 g/mol. The van der Waals surface area contributed by atoms with Gasteiger partial charge in [-0.25, -0.2) is 4.98 Å². The Morgan fingerprint density at radius 3 is 2.50 bits per heavy atom. The van der Waals surface area contributed by atoms with E-state index in [-0.39, 0.29) is 11.9 Å². The third kappa shape index (κ3) is 4.74. The van der Waals surface area contributed by atoms with Gasteiger partial charge in [-0.3, -0.25) is 4.79 Å². The maximum Gasteiger partial charge on any atom is 0.252 e. The van der Waals surface area contributed by atoms with Crippen molar-refractivity contribution in [2.45, 2.75) is 19.9 Å². The zero-order valence-electron chi connectivity index (χ0n) is 12.7. The molecule has 0 bridgehead atoms. The number of benzene rings is 1. The fourth-order valence-electron chi connectivity index (χ4n) is 2.02. The minimum atomic E-state index is -0.148. The van der Waals surface area contributed by atoms with Crippen LogP contribution in [0.3, 0.4) is 0 Å². The van der Waals surface area contributed by atoms with Crippen LogP contribution in [0.15, 0.2) is 48.7 Å². The molecule has 1 aromatic heterocycles. The number of aromatic nitrogens is 1. The van der Waals surface area contributed by atoms with E-state index >= 15 is 0 Å². The zero-order valence-corrected chi connectivity index (χ0v) is 13.5. The molecule has 0 aliphatic heterocycles. The molecule has 2 N–H and O–H groups in total. The summed E-state index contributed by atoms with van der Waals surface area (Å²) in [5.41, 5.74) is 1.55. The molecule has 1 aromatic carbocycles. The Balaban J connectivity index is 1.94. The number of amides is 1. The molecule has 1 atom stereocenters. The van der Waals surface area contributed by atoms with Gasteiger partial charge in [-0.05, 0) is 30.2 Å². The average molecular weight is 318 g/mol. The van der Waals surface area contributed by atoms with E-state index in [1.165, 1.54) is 6.20 Å². The number of rotatable bonds is 6. The van der Waals surface area contributed by atoms with E-state index in [1.54, 1.807) is 12.1 Å². The Hall–Kier alpha value is -2.07. The summed E-state index contributed by atoms with van der Waals surface area (Å²) in [5.74, 6) is 0.230. The Bertz CT molecular complexity index is 599. The Labute approximate surface area is 135 Å².